The largest absolute Gasteiger partial charge is 0.488 e. The maximum atomic E-state index is 13.8. The van der Waals surface area contributed by atoms with Crippen LogP contribution in [0, 0.1) is 5.82 Å². The van der Waals surface area contributed by atoms with Crippen LogP contribution in [-0.4, -0.2) is 47.8 Å². The molecule has 2 aromatic rings. The lowest BCUT2D eigenvalue weighted by Crippen LogP contribution is -2.56. The van der Waals surface area contributed by atoms with Crippen molar-refractivity contribution in [1.82, 2.24) is 10.2 Å². The molecule has 1 heterocycles. The second kappa shape index (κ2) is 8.52. The van der Waals surface area contributed by atoms with Gasteiger partial charge in [0.05, 0.1) is 12.6 Å². The van der Waals surface area contributed by atoms with Crippen molar-refractivity contribution in [3.05, 3.63) is 66.0 Å². The molecule has 1 aliphatic heterocycles. The van der Waals surface area contributed by atoms with Crippen molar-refractivity contribution in [2.45, 2.75) is 24.5 Å². The first-order valence-electron chi connectivity index (χ1n) is 8.90. The third-order valence-corrected chi connectivity index (χ3v) is 4.59. The summed E-state index contributed by atoms with van der Waals surface area (Å²) in [4.78, 5) is 13.5. The number of piperidine rings is 1. The van der Waals surface area contributed by atoms with Gasteiger partial charge in [-0.05, 0) is 24.1 Å². The van der Waals surface area contributed by atoms with Crippen molar-refractivity contribution in [3.63, 3.8) is 0 Å². The van der Waals surface area contributed by atoms with Gasteiger partial charge in [-0.1, -0.05) is 42.5 Å². The van der Waals surface area contributed by atoms with Crippen LogP contribution in [0.3, 0.4) is 0 Å². The summed E-state index contributed by atoms with van der Waals surface area (Å²) in [5.74, 6) is -3.86. The van der Waals surface area contributed by atoms with E-state index in [9.17, 15) is 23.1 Å². The molecule has 1 saturated heterocycles. The number of rotatable bonds is 5. The molecule has 2 amide bonds. The van der Waals surface area contributed by atoms with E-state index in [4.69, 9.17) is 4.74 Å². The predicted octanol–water partition coefficient (Wildman–Crippen LogP) is 3.36. The normalized spacial score (nSPS) is 19.7. The van der Waals surface area contributed by atoms with Gasteiger partial charge in [-0.3, -0.25) is 0 Å². The highest BCUT2D eigenvalue weighted by Crippen LogP contribution is 2.27. The number of aliphatic hydroxyl groups is 1. The molecule has 150 valence electrons. The van der Waals surface area contributed by atoms with Gasteiger partial charge in [0.1, 0.15) is 12.7 Å². The molecule has 8 heteroatoms. The summed E-state index contributed by atoms with van der Waals surface area (Å²) in [6.45, 7) is -0.933. The zero-order valence-corrected chi connectivity index (χ0v) is 15.0. The van der Waals surface area contributed by atoms with Crippen LogP contribution in [0.5, 0.6) is 5.75 Å². The molecule has 1 fully saturated rings. The molecule has 28 heavy (non-hydrogen) atoms. The van der Waals surface area contributed by atoms with Gasteiger partial charge < -0.3 is 20.1 Å². The molecule has 0 radical (unpaired) electrons. The SMILES string of the molecule is O=C(NC(COc1ccccc1F)c1ccccc1)N1CCC(O)C(F)(F)C1. The Hall–Kier alpha value is -2.74. The summed E-state index contributed by atoms with van der Waals surface area (Å²) in [7, 11) is 0. The summed E-state index contributed by atoms with van der Waals surface area (Å²) >= 11 is 0. The van der Waals surface area contributed by atoms with Crippen LogP contribution < -0.4 is 10.1 Å². The summed E-state index contributed by atoms with van der Waals surface area (Å²) < 4.78 is 46.8. The first-order valence-corrected chi connectivity index (χ1v) is 8.90. The monoisotopic (exact) mass is 394 g/mol. The van der Waals surface area contributed by atoms with Gasteiger partial charge in [0.25, 0.3) is 5.92 Å². The molecule has 0 bridgehead atoms. The minimum absolute atomic E-state index is 0.0122. The number of aliphatic hydroxyl groups excluding tert-OH is 1. The number of alkyl halides is 2. The Balaban J connectivity index is 1.71. The fourth-order valence-electron chi connectivity index (χ4n) is 2.98. The topological polar surface area (TPSA) is 61.8 Å². The molecule has 3 rings (SSSR count). The average Bonchev–Trinajstić information content (AvgIpc) is 2.68. The smallest absolute Gasteiger partial charge is 0.318 e. The van der Waals surface area contributed by atoms with Crippen molar-refractivity contribution in [1.29, 1.82) is 0 Å². The fraction of sp³-hybridized carbons (Fsp3) is 0.350. The maximum Gasteiger partial charge on any atom is 0.318 e. The highest BCUT2D eigenvalue weighted by atomic mass is 19.3. The Labute approximate surface area is 160 Å². The Kier molecular flexibility index (Phi) is 6.08. The number of urea groups is 1. The van der Waals surface area contributed by atoms with Crippen molar-refractivity contribution < 1.29 is 27.8 Å². The van der Waals surface area contributed by atoms with E-state index in [-0.39, 0.29) is 25.3 Å². The number of carbonyl (C=O) groups excluding carboxylic acids is 1. The fourth-order valence-corrected chi connectivity index (χ4v) is 2.98. The summed E-state index contributed by atoms with van der Waals surface area (Å²) in [5.41, 5.74) is 0.691. The van der Waals surface area contributed by atoms with E-state index >= 15 is 0 Å². The molecule has 2 aromatic carbocycles. The molecule has 2 unspecified atom stereocenters. The van der Waals surface area contributed by atoms with Crippen LogP contribution in [0.4, 0.5) is 18.0 Å². The van der Waals surface area contributed by atoms with Crippen molar-refractivity contribution in [3.8, 4) is 5.75 Å². The first kappa shape index (κ1) is 20.0. The number of hydrogen-bond donors (Lipinski definition) is 2. The lowest BCUT2D eigenvalue weighted by atomic mass is 10.0. The number of likely N-dealkylation sites (tertiary alicyclic amines) is 1. The van der Waals surface area contributed by atoms with Crippen LogP contribution in [0.1, 0.15) is 18.0 Å². The van der Waals surface area contributed by atoms with E-state index in [1.54, 1.807) is 36.4 Å². The summed E-state index contributed by atoms with van der Waals surface area (Å²) in [5, 5.41) is 12.0. The van der Waals surface area contributed by atoms with E-state index < -0.39 is 36.5 Å². The maximum absolute atomic E-state index is 13.8. The van der Waals surface area contributed by atoms with Gasteiger partial charge in [-0.25, -0.2) is 18.0 Å². The third kappa shape index (κ3) is 4.75. The number of ether oxygens (including phenoxy) is 1. The van der Waals surface area contributed by atoms with E-state index in [2.05, 4.69) is 5.32 Å². The van der Waals surface area contributed by atoms with Gasteiger partial charge in [-0.2, -0.15) is 0 Å². The minimum atomic E-state index is -3.36. The van der Waals surface area contributed by atoms with Crippen LogP contribution in [-0.2, 0) is 0 Å². The lowest BCUT2D eigenvalue weighted by Gasteiger charge is -2.36. The Morgan fingerprint density at radius 3 is 2.57 bits per heavy atom. The van der Waals surface area contributed by atoms with Crippen molar-refractivity contribution >= 4 is 6.03 Å². The number of nitrogens with zero attached hydrogens (tertiary/aromatic N) is 1. The quantitative estimate of drug-likeness (QED) is 0.818. The van der Waals surface area contributed by atoms with Gasteiger partial charge in [-0.15, -0.1) is 0 Å². The standard InChI is InChI=1S/C20H21F3N2O3/c21-15-8-4-5-9-17(15)28-12-16(14-6-2-1-3-7-14)24-19(27)25-11-10-18(26)20(22,23)13-25/h1-9,16,18,26H,10-13H2,(H,24,27). The molecular formula is C20H21F3N2O3. The summed E-state index contributed by atoms with van der Waals surface area (Å²) in [6.07, 6.45) is -1.96. The second-order valence-corrected chi connectivity index (χ2v) is 6.64. The van der Waals surface area contributed by atoms with Crippen LogP contribution >= 0.6 is 0 Å². The van der Waals surface area contributed by atoms with E-state index in [0.29, 0.717) is 5.56 Å². The van der Waals surface area contributed by atoms with Gasteiger partial charge >= 0.3 is 6.03 Å². The van der Waals surface area contributed by atoms with Gasteiger partial charge in [0.2, 0.25) is 0 Å². The van der Waals surface area contributed by atoms with Crippen LogP contribution in [0.25, 0.3) is 0 Å². The Morgan fingerprint density at radius 1 is 1.21 bits per heavy atom. The molecule has 2 atom stereocenters. The molecule has 2 N–H and O–H groups in total. The van der Waals surface area contributed by atoms with Crippen LogP contribution in [0.15, 0.2) is 54.6 Å². The van der Waals surface area contributed by atoms with Gasteiger partial charge in [0, 0.05) is 6.54 Å². The predicted molar refractivity (Wildman–Crippen MR) is 96.8 cm³/mol. The number of amides is 2. The number of para-hydroxylation sites is 1. The molecule has 0 saturated carbocycles. The molecule has 0 aliphatic carbocycles. The van der Waals surface area contributed by atoms with E-state index in [1.807, 2.05) is 0 Å². The van der Waals surface area contributed by atoms with Crippen molar-refractivity contribution in [2.75, 3.05) is 19.7 Å². The zero-order chi connectivity index (χ0) is 20.1. The summed E-state index contributed by atoms with van der Waals surface area (Å²) in [6, 6.07) is 13.3. The number of hydrogen-bond acceptors (Lipinski definition) is 3. The lowest BCUT2D eigenvalue weighted by molar-refractivity contribution is -0.141. The molecule has 1 aliphatic rings. The highest BCUT2D eigenvalue weighted by Gasteiger charge is 2.45. The molecule has 0 aromatic heterocycles. The number of benzene rings is 2. The van der Waals surface area contributed by atoms with Crippen LogP contribution in [0.2, 0.25) is 0 Å². The number of nitrogens with one attached hydrogen (secondary N) is 1. The van der Waals surface area contributed by atoms with E-state index in [0.717, 1.165) is 4.90 Å². The van der Waals surface area contributed by atoms with Gasteiger partial charge in [0.15, 0.2) is 11.6 Å². The average molecular weight is 394 g/mol. The second-order valence-electron chi connectivity index (χ2n) is 6.64. The minimum Gasteiger partial charge on any atom is -0.488 e. The van der Waals surface area contributed by atoms with E-state index in [1.165, 1.54) is 18.2 Å². The molecule has 0 spiro atoms. The third-order valence-electron chi connectivity index (χ3n) is 4.59. The number of carbonyl (C=O) groups is 1. The highest BCUT2D eigenvalue weighted by molar-refractivity contribution is 5.75. The molecular weight excluding hydrogens is 373 g/mol. The zero-order valence-electron chi connectivity index (χ0n) is 15.0. The Morgan fingerprint density at radius 2 is 1.89 bits per heavy atom. The Bertz CT molecular complexity index is 804. The number of halogens is 3. The molecule has 5 nitrogen and oxygen atoms in total. The van der Waals surface area contributed by atoms with Crippen molar-refractivity contribution in [2.24, 2.45) is 0 Å². The first-order chi connectivity index (χ1) is 13.4.